The number of thiazole rings is 1. The van der Waals surface area contributed by atoms with Gasteiger partial charge in [0.15, 0.2) is 16.0 Å². The second-order valence-corrected chi connectivity index (χ2v) is 8.71. The van der Waals surface area contributed by atoms with E-state index in [-0.39, 0.29) is 17.2 Å². The number of furan rings is 1. The van der Waals surface area contributed by atoms with Gasteiger partial charge in [-0.25, -0.2) is 4.98 Å². The maximum atomic E-state index is 12.4. The van der Waals surface area contributed by atoms with Crippen molar-refractivity contribution in [3.05, 3.63) is 41.9 Å². The van der Waals surface area contributed by atoms with Crippen LogP contribution in [0.15, 0.2) is 51.5 Å². The summed E-state index contributed by atoms with van der Waals surface area (Å²) in [6.45, 7) is 5.95. The number of hydrogen-bond acceptors (Lipinski definition) is 7. The number of thioether (sulfide) groups is 1. The van der Waals surface area contributed by atoms with Crippen LogP contribution in [0.25, 0.3) is 22.6 Å². The number of hydrogen-bond donors (Lipinski definition) is 1. The second-order valence-electron chi connectivity index (χ2n) is 6.50. The van der Waals surface area contributed by atoms with E-state index in [1.807, 2.05) is 47.2 Å². The molecule has 1 aromatic carbocycles. The van der Waals surface area contributed by atoms with Crippen LogP contribution in [0, 0.1) is 0 Å². The molecular formula is C19H19N5O2S2. The Labute approximate surface area is 170 Å². The van der Waals surface area contributed by atoms with E-state index >= 15 is 0 Å². The number of amides is 1. The van der Waals surface area contributed by atoms with Crippen molar-refractivity contribution < 1.29 is 9.21 Å². The minimum atomic E-state index is -0.353. The van der Waals surface area contributed by atoms with Crippen LogP contribution in [0.1, 0.15) is 26.8 Å². The lowest BCUT2D eigenvalue weighted by molar-refractivity contribution is -0.115. The van der Waals surface area contributed by atoms with E-state index < -0.39 is 0 Å². The van der Waals surface area contributed by atoms with Crippen LogP contribution in [-0.4, -0.2) is 30.9 Å². The molecule has 0 fully saturated rings. The molecule has 7 nitrogen and oxygen atoms in total. The van der Waals surface area contributed by atoms with E-state index in [0.29, 0.717) is 21.9 Å². The summed E-state index contributed by atoms with van der Waals surface area (Å²) < 4.78 is 7.96. The molecule has 0 spiro atoms. The van der Waals surface area contributed by atoms with Crippen molar-refractivity contribution in [3.8, 4) is 11.6 Å². The fraction of sp³-hybridized carbons (Fsp3) is 0.263. The molecule has 0 aliphatic heterocycles. The van der Waals surface area contributed by atoms with Crippen LogP contribution in [-0.2, 0) is 4.79 Å². The van der Waals surface area contributed by atoms with Crippen molar-refractivity contribution >= 4 is 45.1 Å². The molecule has 1 N–H and O–H groups in total. The van der Waals surface area contributed by atoms with E-state index in [4.69, 9.17) is 4.42 Å². The summed E-state index contributed by atoms with van der Waals surface area (Å²) in [4.78, 5) is 16.5. The number of nitrogens with one attached hydrogen (secondary N) is 1. The van der Waals surface area contributed by atoms with Crippen molar-refractivity contribution in [2.75, 3.05) is 5.32 Å². The van der Waals surface area contributed by atoms with Gasteiger partial charge >= 0.3 is 0 Å². The zero-order valence-electron chi connectivity index (χ0n) is 15.6. The highest BCUT2D eigenvalue weighted by molar-refractivity contribution is 8.00. The van der Waals surface area contributed by atoms with Crippen LogP contribution in [0.3, 0.4) is 0 Å². The van der Waals surface area contributed by atoms with Gasteiger partial charge in [-0.3, -0.25) is 9.36 Å². The highest BCUT2D eigenvalue weighted by Crippen LogP contribution is 2.33. The van der Waals surface area contributed by atoms with Gasteiger partial charge in [0.05, 0.1) is 5.25 Å². The molecule has 0 unspecified atom stereocenters. The van der Waals surface area contributed by atoms with Crippen LogP contribution in [0.5, 0.6) is 0 Å². The predicted molar refractivity (Wildman–Crippen MR) is 112 cm³/mol. The first kappa shape index (κ1) is 18.7. The third kappa shape index (κ3) is 3.67. The van der Waals surface area contributed by atoms with E-state index in [0.717, 1.165) is 11.0 Å². The Morgan fingerprint density at radius 2 is 2.07 bits per heavy atom. The van der Waals surface area contributed by atoms with E-state index in [1.54, 1.807) is 6.20 Å². The summed E-state index contributed by atoms with van der Waals surface area (Å²) >= 11 is 2.75. The van der Waals surface area contributed by atoms with Crippen LogP contribution >= 0.6 is 23.1 Å². The van der Waals surface area contributed by atoms with Crippen LogP contribution < -0.4 is 5.32 Å². The third-order valence-corrected chi connectivity index (χ3v) is 5.89. The average molecular weight is 414 g/mol. The Bertz CT molecular complexity index is 1070. The highest BCUT2D eigenvalue weighted by atomic mass is 32.2. The van der Waals surface area contributed by atoms with Gasteiger partial charge in [0.25, 0.3) is 0 Å². The van der Waals surface area contributed by atoms with Gasteiger partial charge < -0.3 is 9.73 Å². The fourth-order valence-corrected chi connectivity index (χ4v) is 4.30. The molecule has 4 aromatic rings. The van der Waals surface area contributed by atoms with Gasteiger partial charge in [-0.15, -0.1) is 21.5 Å². The third-order valence-electron chi connectivity index (χ3n) is 4.14. The molecule has 0 saturated carbocycles. The Kier molecular flexibility index (Phi) is 5.19. The first-order chi connectivity index (χ1) is 13.5. The maximum absolute atomic E-state index is 12.4. The molecule has 4 rings (SSSR count). The largest absolute Gasteiger partial charge is 0.453 e. The van der Waals surface area contributed by atoms with Crippen molar-refractivity contribution in [1.82, 2.24) is 19.7 Å². The normalized spacial score (nSPS) is 12.6. The minimum absolute atomic E-state index is 0.106. The summed E-state index contributed by atoms with van der Waals surface area (Å²) in [7, 11) is 0. The lowest BCUT2D eigenvalue weighted by Gasteiger charge is -2.15. The number of carbonyl (C=O) groups is 1. The molecule has 0 saturated heterocycles. The molecule has 0 aliphatic rings. The summed E-state index contributed by atoms with van der Waals surface area (Å²) in [6.07, 6.45) is 1.66. The van der Waals surface area contributed by atoms with Crippen LogP contribution in [0.2, 0.25) is 0 Å². The average Bonchev–Trinajstić information content (AvgIpc) is 3.40. The molecule has 1 amide bonds. The zero-order valence-corrected chi connectivity index (χ0v) is 17.3. The Hall–Kier alpha value is -2.65. The lowest BCUT2D eigenvalue weighted by Crippen LogP contribution is -2.23. The molecule has 9 heteroatoms. The number of para-hydroxylation sites is 1. The molecule has 144 valence electrons. The summed E-state index contributed by atoms with van der Waals surface area (Å²) in [5.74, 6) is 1.19. The van der Waals surface area contributed by atoms with Crippen molar-refractivity contribution in [2.45, 2.75) is 37.2 Å². The summed E-state index contributed by atoms with van der Waals surface area (Å²) in [5.41, 5.74) is 0.807. The molecule has 0 bridgehead atoms. The Morgan fingerprint density at radius 3 is 2.79 bits per heavy atom. The zero-order chi connectivity index (χ0) is 19.7. The second kappa shape index (κ2) is 7.76. The number of rotatable bonds is 6. The van der Waals surface area contributed by atoms with Crippen molar-refractivity contribution in [2.24, 2.45) is 0 Å². The molecule has 3 aromatic heterocycles. The predicted octanol–water partition coefficient (Wildman–Crippen LogP) is 4.85. The topological polar surface area (TPSA) is 85.8 Å². The standard InChI is InChI=1S/C19H19N5O2S2/c1-11(2)24-16(15-10-13-6-4-5-7-14(13)26-15)22-23-19(24)28-12(3)17(25)21-18-20-8-9-27-18/h4-12H,1-3H3,(H,20,21,25)/t12-/m0/s1. The van der Waals surface area contributed by atoms with Gasteiger partial charge in [-0.2, -0.15) is 0 Å². The first-order valence-electron chi connectivity index (χ1n) is 8.84. The Morgan fingerprint density at radius 1 is 1.25 bits per heavy atom. The number of fused-ring (bicyclic) bond motifs is 1. The number of anilines is 1. The molecule has 3 heterocycles. The van der Waals surface area contributed by atoms with E-state index in [1.165, 1.54) is 23.1 Å². The minimum Gasteiger partial charge on any atom is -0.453 e. The van der Waals surface area contributed by atoms with Gasteiger partial charge in [0.2, 0.25) is 11.7 Å². The molecule has 0 radical (unpaired) electrons. The fourth-order valence-electron chi connectivity index (χ4n) is 2.79. The Balaban J connectivity index is 1.60. The molecular weight excluding hydrogens is 394 g/mol. The molecule has 28 heavy (non-hydrogen) atoms. The van der Waals surface area contributed by atoms with Crippen molar-refractivity contribution in [1.29, 1.82) is 0 Å². The first-order valence-corrected chi connectivity index (χ1v) is 10.6. The van der Waals surface area contributed by atoms with Gasteiger partial charge in [0, 0.05) is 23.0 Å². The lowest BCUT2D eigenvalue weighted by atomic mass is 10.2. The number of carbonyl (C=O) groups excluding carboxylic acids is 1. The van der Waals surface area contributed by atoms with Crippen molar-refractivity contribution in [3.63, 3.8) is 0 Å². The van der Waals surface area contributed by atoms with Crippen LogP contribution in [0.4, 0.5) is 5.13 Å². The smallest absolute Gasteiger partial charge is 0.239 e. The van der Waals surface area contributed by atoms with Gasteiger partial charge in [-0.05, 0) is 32.9 Å². The van der Waals surface area contributed by atoms with E-state index in [9.17, 15) is 4.79 Å². The highest BCUT2D eigenvalue weighted by Gasteiger charge is 2.24. The SMILES string of the molecule is CC(C)n1c(S[C@@H](C)C(=O)Nc2nccs2)nnc1-c1cc2ccccc2o1. The molecule has 0 aliphatic carbocycles. The maximum Gasteiger partial charge on any atom is 0.239 e. The monoisotopic (exact) mass is 413 g/mol. The number of benzene rings is 1. The van der Waals surface area contributed by atoms with E-state index in [2.05, 4.69) is 34.3 Å². The van der Waals surface area contributed by atoms with Gasteiger partial charge in [0.1, 0.15) is 5.58 Å². The van der Waals surface area contributed by atoms with Gasteiger partial charge in [-0.1, -0.05) is 30.0 Å². The quantitative estimate of drug-likeness (QED) is 0.455. The summed E-state index contributed by atoms with van der Waals surface area (Å²) in [5, 5.41) is 15.2. The number of aromatic nitrogens is 4. The number of nitrogens with zero attached hydrogens (tertiary/aromatic N) is 4. The molecule has 1 atom stereocenters. The summed E-state index contributed by atoms with van der Waals surface area (Å²) in [6, 6.07) is 9.90.